The third-order valence-corrected chi connectivity index (χ3v) is 2.65. The Bertz CT molecular complexity index is 259. The van der Waals surface area contributed by atoms with Crippen molar-refractivity contribution in [1.29, 1.82) is 0 Å². The molecule has 0 saturated heterocycles. The largest absolute Gasteiger partial charge is 0.378 e. The molecule has 0 spiro atoms. The van der Waals surface area contributed by atoms with Crippen LogP contribution in [-0.2, 0) is 0 Å². The SMILES string of the molecule is CC/C=C/C(C)=C\C=C(/C)N(C)CCCC. The molecule has 0 aromatic heterocycles. The van der Waals surface area contributed by atoms with Gasteiger partial charge in [0.15, 0.2) is 0 Å². The van der Waals surface area contributed by atoms with E-state index in [1.807, 2.05) is 0 Å². The minimum atomic E-state index is 1.10. The van der Waals surface area contributed by atoms with Gasteiger partial charge in [0, 0.05) is 19.3 Å². The first-order valence-electron chi connectivity index (χ1n) is 6.34. The van der Waals surface area contributed by atoms with Crippen LogP contribution in [0.15, 0.2) is 35.6 Å². The van der Waals surface area contributed by atoms with Crippen molar-refractivity contribution in [2.45, 2.75) is 47.0 Å². The first-order chi connectivity index (χ1) is 7.61. The van der Waals surface area contributed by atoms with Crippen LogP contribution in [-0.4, -0.2) is 18.5 Å². The third kappa shape index (κ3) is 7.33. The van der Waals surface area contributed by atoms with Gasteiger partial charge in [-0.15, -0.1) is 0 Å². The fourth-order valence-electron chi connectivity index (χ4n) is 1.31. The van der Waals surface area contributed by atoms with Gasteiger partial charge in [-0.25, -0.2) is 0 Å². The zero-order chi connectivity index (χ0) is 12.4. The Morgan fingerprint density at radius 3 is 2.38 bits per heavy atom. The molecular formula is C15H27N. The van der Waals surface area contributed by atoms with E-state index in [4.69, 9.17) is 0 Å². The highest BCUT2D eigenvalue weighted by Gasteiger charge is 1.95. The Hall–Kier alpha value is -0.980. The van der Waals surface area contributed by atoms with Crippen LogP contribution in [0.25, 0.3) is 0 Å². The molecule has 0 atom stereocenters. The van der Waals surface area contributed by atoms with Gasteiger partial charge in [0.25, 0.3) is 0 Å². The normalized spacial score (nSPS) is 13.6. The Morgan fingerprint density at radius 1 is 1.12 bits per heavy atom. The predicted molar refractivity (Wildman–Crippen MR) is 74.5 cm³/mol. The second-order valence-corrected chi connectivity index (χ2v) is 4.30. The molecule has 0 N–H and O–H groups in total. The molecule has 0 heterocycles. The lowest BCUT2D eigenvalue weighted by molar-refractivity contribution is 0.407. The zero-order valence-electron chi connectivity index (χ0n) is 11.6. The highest BCUT2D eigenvalue weighted by atomic mass is 15.1. The molecule has 1 heteroatoms. The average Bonchev–Trinajstić information content (AvgIpc) is 2.30. The second-order valence-electron chi connectivity index (χ2n) is 4.30. The molecule has 0 aliphatic carbocycles. The molecule has 1 nitrogen and oxygen atoms in total. The molecule has 0 aliphatic rings. The summed E-state index contributed by atoms with van der Waals surface area (Å²) in [6.45, 7) is 9.84. The molecule has 92 valence electrons. The molecular weight excluding hydrogens is 194 g/mol. The molecule has 0 unspecified atom stereocenters. The molecule has 0 bridgehead atoms. The number of unbranched alkanes of at least 4 members (excludes halogenated alkanes) is 1. The number of hydrogen-bond donors (Lipinski definition) is 0. The quantitative estimate of drug-likeness (QED) is 0.571. The highest BCUT2D eigenvalue weighted by molar-refractivity contribution is 5.23. The lowest BCUT2D eigenvalue weighted by atomic mass is 10.2. The number of rotatable bonds is 7. The van der Waals surface area contributed by atoms with Crippen LogP contribution in [0.3, 0.4) is 0 Å². The van der Waals surface area contributed by atoms with E-state index in [-0.39, 0.29) is 0 Å². The van der Waals surface area contributed by atoms with Crippen LogP contribution in [0.5, 0.6) is 0 Å². The van der Waals surface area contributed by atoms with E-state index < -0.39 is 0 Å². The summed E-state index contributed by atoms with van der Waals surface area (Å²) in [6, 6.07) is 0. The summed E-state index contributed by atoms with van der Waals surface area (Å²) in [4.78, 5) is 2.32. The van der Waals surface area contributed by atoms with E-state index in [0.717, 1.165) is 13.0 Å². The van der Waals surface area contributed by atoms with Crippen LogP contribution < -0.4 is 0 Å². The van der Waals surface area contributed by atoms with Crippen LogP contribution in [0.2, 0.25) is 0 Å². The topological polar surface area (TPSA) is 3.24 Å². The van der Waals surface area contributed by atoms with Crippen molar-refractivity contribution >= 4 is 0 Å². The maximum Gasteiger partial charge on any atom is 0.0171 e. The van der Waals surface area contributed by atoms with E-state index in [1.54, 1.807) is 0 Å². The summed E-state index contributed by atoms with van der Waals surface area (Å²) in [5.74, 6) is 0. The fourth-order valence-corrected chi connectivity index (χ4v) is 1.31. The molecule has 0 aromatic rings. The van der Waals surface area contributed by atoms with Gasteiger partial charge in [-0.3, -0.25) is 0 Å². The van der Waals surface area contributed by atoms with Gasteiger partial charge in [0.05, 0.1) is 0 Å². The van der Waals surface area contributed by atoms with Crippen LogP contribution >= 0.6 is 0 Å². The zero-order valence-corrected chi connectivity index (χ0v) is 11.6. The summed E-state index contributed by atoms with van der Waals surface area (Å²) in [5, 5.41) is 0. The molecule has 16 heavy (non-hydrogen) atoms. The van der Waals surface area contributed by atoms with Crippen LogP contribution in [0.1, 0.15) is 47.0 Å². The number of allylic oxidation sites excluding steroid dienone is 6. The van der Waals surface area contributed by atoms with Gasteiger partial charge >= 0.3 is 0 Å². The molecule has 0 amide bonds. The minimum absolute atomic E-state index is 1.10. The standard InChI is InChI=1S/C15H27N/c1-6-8-10-14(3)11-12-15(4)16(5)13-9-7-2/h8,10-12H,6-7,9,13H2,1-5H3/b10-8+,14-11-,15-12+. The molecule has 0 aliphatic heterocycles. The first-order valence-corrected chi connectivity index (χ1v) is 6.34. The Kier molecular flexibility index (Phi) is 8.69. The second kappa shape index (κ2) is 9.26. The van der Waals surface area contributed by atoms with Crippen LogP contribution in [0.4, 0.5) is 0 Å². The predicted octanol–water partition coefficient (Wildman–Crippen LogP) is 4.53. The van der Waals surface area contributed by atoms with Gasteiger partial charge in [-0.05, 0) is 32.8 Å². The average molecular weight is 221 g/mol. The van der Waals surface area contributed by atoms with Crippen molar-refractivity contribution in [3.8, 4) is 0 Å². The fraction of sp³-hybridized carbons (Fsp3) is 0.600. The van der Waals surface area contributed by atoms with Gasteiger partial charge in [0.1, 0.15) is 0 Å². The smallest absolute Gasteiger partial charge is 0.0171 e. The third-order valence-electron chi connectivity index (χ3n) is 2.65. The van der Waals surface area contributed by atoms with Crippen molar-refractivity contribution < 1.29 is 0 Å². The maximum atomic E-state index is 2.32. The van der Waals surface area contributed by atoms with E-state index in [9.17, 15) is 0 Å². The Morgan fingerprint density at radius 2 is 1.81 bits per heavy atom. The Labute approximate surface area is 102 Å². The number of nitrogens with zero attached hydrogens (tertiary/aromatic N) is 1. The van der Waals surface area contributed by atoms with Gasteiger partial charge < -0.3 is 4.90 Å². The van der Waals surface area contributed by atoms with E-state index in [0.29, 0.717) is 0 Å². The number of hydrogen-bond acceptors (Lipinski definition) is 1. The van der Waals surface area contributed by atoms with Crippen molar-refractivity contribution in [3.05, 3.63) is 35.6 Å². The summed E-state index contributed by atoms with van der Waals surface area (Å²) >= 11 is 0. The molecule has 0 saturated carbocycles. The van der Waals surface area contributed by atoms with Crippen LogP contribution in [0, 0.1) is 0 Å². The summed E-state index contributed by atoms with van der Waals surface area (Å²) < 4.78 is 0. The molecule has 0 aromatic carbocycles. The minimum Gasteiger partial charge on any atom is -0.378 e. The van der Waals surface area contributed by atoms with Crippen molar-refractivity contribution in [3.63, 3.8) is 0 Å². The lowest BCUT2D eigenvalue weighted by Crippen LogP contribution is -2.16. The summed E-state index contributed by atoms with van der Waals surface area (Å²) in [7, 11) is 2.16. The highest BCUT2D eigenvalue weighted by Crippen LogP contribution is 2.05. The van der Waals surface area contributed by atoms with E-state index in [2.05, 4.69) is 63.9 Å². The van der Waals surface area contributed by atoms with Gasteiger partial charge in [-0.2, -0.15) is 0 Å². The van der Waals surface area contributed by atoms with Gasteiger partial charge in [0.2, 0.25) is 0 Å². The first kappa shape index (κ1) is 15.0. The lowest BCUT2D eigenvalue weighted by Gasteiger charge is -2.18. The molecule has 0 rings (SSSR count). The monoisotopic (exact) mass is 221 g/mol. The van der Waals surface area contributed by atoms with E-state index >= 15 is 0 Å². The van der Waals surface area contributed by atoms with Crippen molar-refractivity contribution in [2.24, 2.45) is 0 Å². The summed E-state index contributed by atoms with van der Waals surface area (Å²) in [6.07, 6.45) is 12.4. The van der Waals surface area contributed by atoms with Crippen molar-refractivity contribution in [2.75, 3.05) is 13.6 Å². The van der Waals surface area contributed by atoms with Gasteiger partial charge in [-0.1, -0.05) is 44.1 Å². The maximum absolute atomic E-state index is 2.32. The Balaban J connectivity index is 4.25. The van der Waals surface area contributed by atoms with Crippen molar-refractivity contribution in [1.82, 2.24) is 4.90 Å². The van der Waals surface area contributed by atoms with E-state index in [1.165, 1.54) is 24.1 Å². The molecule has 0 radical (unpaired) electrons. The molecule has 0 fully saturated rings. The summed E-state index contributed by atoms with van der Waals surface area (Å²) in [5.41, 5.74) is 2.64.